The lowest BCUT2D eigenvalue weighted by molar-refractivity contribution is -0.143. The molecule has 0 unspecified atom stereocenters. The second kappa shape index (κ2) is 5.25. The number of amides is 4. The van der Waals surface area contributed by atoms with E-state index in [-0.39, 0.29) is 6.54 Å². The van der Waals surface area contributed by atoms with E-state index in [1.165, 1.54) is 0 Å². The van der Waals surface area contributed by atoms with Crippen LogP contribution in [0.2, 0.25) is 0 Å². The molecule has 4 amide bonds. The third kappa shape index (κ3) is 3.14. The number of aliphatic hydroxyl groups is 1. The van der Waals surface area contributed by atoms with Gasteiger partial charge in [0.15, 0.2) is 0 Å². The first kappa shape index (κ1) is 12.9. The quantitative estimate of drug-likeness (QED) is 0.383. The van der Waals surface area contributed by atoms with Crippen molar-refractivity contribution in [1.82, 2.24) is 15.5 Å². The minimum absolute atomic E-state index is 0.186. The SMILES string of the molecule is O=C(CN1C(=O)CNC1=O)N[C@H](CO)C(=O)O. The lowest BCUT2D eigenvalue weighted by Crippen LogP contribution is -2.48. The van der Waals surface area contributed by atoms with Gasteiger partial charge >= 0.3 is 12.0 Å². The van der Waals surface area contributed by atoms with E-state index in [4.69, 9.17) is 10.2 Å². The Bertz CT molecular complexity index is 352. The zero-order chi connectivity index (χ0) is 13.0. The number of carboxylic acids is 1. The maximum Gasteiger partial charge on any atom is 0.328 e. The van der Waals surface area contributed by atoms with Crippen molar-refractivity contribution in [3.63, 3.8) is 0 Å². The van der Waals surface area contributed by atoms with Gasteiger partial charge in [-0.3, -0.25) is 14.5 Å². The first-order chi connectivity index (χ1) is 7.95. The molecule has 0 aromatic rings. The first-order valence-electron chi connectivity index (χ1n) is 4.67. The summed E-state index contributed by atoms with van der Waals surface area (Å²) in [6, 6.07) is -2.16. The highest BCUT2D eigenvalue weighted by atomic mass is 16.4. The number of nitrogens with zero attached hydrogens (tertiary/aromatic N) is 1. The number of rotatable bonds is 5. The number of aliphatic hydroxyl groups excluding tert-OH is 1. The van der Waals surface area contributed by atoms with Gasteiger partial charge in [-0.2, -0.15) is 0 Å². The van der Waals surface area contributed by atoms with E-state index in [1.807, 2.05) is 5.32 Å². The van der Waals surface area contributed by atoms with Crippen LogP contribution in [0.3, 0.4) is 0 Å². The maximum atomic E-state index is 11.3. The van der Waals surface area contributed by atoms with Crippen LogP contribution in [-0.2, 0) is 14.4 Å². The zero-order valence-corrected chi connectivity index (χ0v) is 8.67. The summed E-state index contributed by atoms with van der Waals surface area (Å²) in [5.74, 6) is -2.81. The largest absolute Gasteiger partial charge is 0.480 e. The number of imide groups is 1. The van der Waals surface area contributed by atoms with Gasteiger partial charge in [-0.15, -0.1) is 0 Å². The molecule has 0 radical (unpaired) electrons. The van der Waals surface area contributed by atoms with Gasteiger partial charge in [-0.05, 0) is 0 Å². The van der Waals surface area contributed by atoms with Crippen molar-refractivity contribution in [1.29, 1.82) is 0 Å². The molecule has 0 spiro atoms. The summed E-state index contributed by atoms with van der Waals surface area (Å²) in [6.07, 6.45) is 0. The molecule has 0 saturated carbocycles. The molecule has 1 fully saturated rings. The van der Waals surface area contributed by atoms with Crippen LogP contribution in [0.15, 0.2) is 0 Å². The zero-order valence-electron chi connectivity index (χ0n) is 8.67. The first-order valence-corrected chi connectivity index (χ1v) is 4.67. The van der Waals surface area contributed by atoms with Crippen LogP contribution < -0.4 is 10.6 Å². The van der Waals surface area contributed by atoms with Crippen molar-refractivity contribution in [3.05, 3.63) is 0 Å². The van der Waals surface area contributed by atoms with Crippen LogP contribution in [-0.4, -0.2) is 64.7 Å². The number of hydrogen-bond donors (Lipinski definition) is 4. The molecule has 9 heteroatoms. The Morgan fingerprint density at radius 3 is 2.53 bits per heavy atom. The van der Waals surface area contributed by atoms with Crippen molar-refractivity contribution >= 4 is 23.8 Å². The predicted molar refractivity (Wildman–Crippen MR) is 51.8 cm³/mol. The highest BCUT2D eigenvalue weighted by molar-refractivity contribution is 6.04. The summed E-state index contributed by atoms with van der Waals surface area (Å²) in [6.45, 7) is -1.54. The van der Waals surface area contributed by atoms with Gasteiger partial charge in [0.25, 0.3) is 5.91 Å². The van der Waals surface area contributed by atoms with Gasteiger partial charge in [0.2, 0.25) is 5.91 Å². The number of carboxylic acid groups (broad SMARTS) is 1. The van der Waals surface area contributed by atoms with E-state index in [0.717, 1.165) is 0 Å². The minimum atomic E-state index is -1.46. The molecular formula is C8H11N3O6. The van der Waals surface area contributed by atoms with E-state index < -0.39 is 43.0 Å². The van der Waals surface area contributed by atoms with Crippen LogP contribution >= 0.6 is 0 Å². The maximum absolute atomic E-state index is 11.3. The van der Waals surface area contributed by atoms with E-state index in [2.05, 4.69) is 5.32 Å². The van der Waals surface area contributed by atoms with Crippen molar-refractivity contribution in [2.45, 2.75) is 6.04 Å². The molecule has 1 rings (SSSR count). The number of hydrogen-bond acceptors (Lipinski definition) is 5. The third-order valence-corrected chi connectivity index (χ3v) is 2.05. The van der Waals surface area contributed by atoms with Crippen molar-refractivity contribution in [2.24, 2.45) is 0 Å². The number of aliphatic carboxylic acids is 1. The lowest BCUT2D eigenvalue weighted by atomic mass is 10.3. The van der Waals surface area contributed by atoms with Crippen LogP contribution in [0.1, 0.15) is 0 Å². The molecule has 1 heterocycles. The molecule has 1 atom stereocenters. The van der Waals surface area contributed by atoms with E-state index in [9.17, 15) is 19.2 Å². The summed E-state index contributed by atoms with van der Waals surface area (Å²) in [5.41, 5.74) is 0. The van der Waals surface area contributed by atoms with E-state index in [1.54, 1.807) is 0 Å². The molecule has 9 nitrogen and oxygen atoms in total. The monoisotopic (exact) mass is 245 g/mol. The van der Waals surface area contributed by atoms with Gasteiger partial charge in [0, 0.05) is 0 Å². The van der Waals surface area contributed by atoms with E-state index in [0.29, 0.717) is 4.90 Å². The molecular weight excluding hydrogens is 234 g/mol. The third-order valence-electron chi connectivity index (χ3n) is 2.05. The number of carbonyl (C=O) groups excluding carboxylic acids is 3. The Morgan fingerprint density at radius 1 is 1.47 bits per heavy atom. The van der Waals surface area contributed by atoms with Crippen molar-refractivity contribution in [3.8, 4) is 0 Å². The summed E-state index contributed by atoms with van der Waals surface area (Å²) in [7, 11) is 0. The summed E-state index contributed by atoms with van der Waals surface area (Å²) in [5, 5.41) is 21.4. The van der Waals surface area contributed by atoms with Gasteiger partial charge in [-0.25, -0.2) is 9.59 Å². The standard InChI is InChI=1S/C8H11N3O6/c12-3-4(7(15)16)10-5(13)2-11-6(14)1-9-8(11)17/h4,12H,1-3H2,(H,9,17)(H,10,13)(H,15,16)/t4-/m1/s1. The fraction of sp³-hybridized carbons (Fsp3) is 0.500. The van der Waals surface area contributed by atoms with Crippen LogP contribution in [0.5, 0.6) is 0 Å². The average molecular weight is 245 g/mol. The lowest BCUT2D eigenvalue weighted by Gasteiger charge is -2.15. The molecule has 4 N–H and O–H groups in total. The van der Waals surface area contributed by atoms with Gasteiger partial charge < -0.3 is 20.8 Å². The highest BCUT2D eigenvalue weighted by Gasteiger charge is 2.31. The number of carbonyl (C=O) groups is 4. The second-order valence-electron chi connectivity index (χ2n) is 3.28. The molecule has 0 bridgehead atoms. The van der Waals surface area contributed by atoms with Crippen LogP contribution in [0.4, 0.5) is 4.79 Å². The summed E-state index contributed by atoms with van der Waals surface area (Å²) in [4.78, 5) is 44.6. The van der Waals surface area contributed by atoms with Crippen molar-refractivity contribution in [2.75, 3.05) is 19.7 Å². The molecule has 17 heavy (non-hydrogen) atoms. The fourth-order valence-corrected chi connectivity index (χ4v) is 1.18. The average Bonchev–Trinajstić information content (AvgIpc) is 2.57. The van der Waals surface area contributed by atoms with Gasteiger partial charge in [-0.1, -0.05) is 0 Å². The molecule has 0 aliphatic carbocycles. The van der Waals surface area contributed by atoms with Crippen molar-refractivity contribution < 1.29 is 29.4 Å². The Kier molecular flexibility index (Phi) is 3.99. The van der Waals surface area contributed by atoms with E-state index >= 15 is 0 Å². The van der Waals surface area contributed by atoms with Gasteiger partial charge in [0.1, 0.15) is 12.6 Å². The molecule has 0 aromatic heterocycles. The minimum Gasteiger partial charge on any atom is -0.480 e. The number of nitrogens with one attached hydrogen (secondary N) is 2. The topological polar surface area (TPSA) is 136 Å². The molecule has 1 aliphatic rings. The normalized spacial score (nSPS) is 16.6. The smallest absolute Gasteiger partial charge is 0.328 e. The summed E-state index contributed by atoms with van der Waals surface area (Å²) >= 11 is 0. The predicted octanol–water partition coefficient (Wildman–Crippen LogP) is -2.90. The second-order valence-corrected chi connectivity index (χ2v) is 3.28. The Hall–Kier alpha value is -2.16. The molecule has 94 valence electrons. The Balaban J connectivity index is 2.52. The molecule has 1 aliphatic heterocycles. The summed E-state index contributed by atoms with van der Waals surface area (Å²) < 4.78 is 0. The molecule has 1 saturated heterocycles. The molecule has 0 aromatic carbocycles. The van der Waals surface area contributed by atoms with Crippen LogP contribution in [0.25, 0.3) is 0 Å². The van der Waals surface area contributed by atoms with Crippen LogP contribution in [0, 0.1) is 0 Å². The Labute approximate surface area is 95.4 Å². The number of urea groups is 1. The fourth-order valence-electron chi connectivity index (χ4n) is 1.18. The Morgan fingerprint density at radius 2 is 2.12 bits per heavy atom. The highest BCUT2D eigenvalue weighted by Crippen LogP contribution is 1.98. The van der Waals surface area contributed by atoms with Gasteiger partial charge in [0.05, 0.1) is 13.2 Å².